The number of rotatable bonds is 6. The van der Waals surface area contributed by atoms with E-state index in [4.69, 9.17) is 0 Å². The van der Waals surface area contributed by atoms with Gasteiger partial charge in [0.05, 0.1) is 9.82 Å². The number of non-ortho nitro benzene ring substituents is 1. The Balaban J connectivity index is 1.87. The minimum Gasteiger partial charge on any atom is -0.261 e. The van der Waals surface area contributed by atoms with Crippen molar-refractivity contribution in [2.24, 2.45) is 0 Å². The van der Waals surface area contributed by atoms with Gasteiger partial charge in [0.2, 0.25) is 10.0 Å². The van der Waals surface area contributed by atoms with Crippen molar-refractivity contribution in [3.63, 3.8) is 0 Å². The third kappa shape index (κ3) is 3.44. The molecule has 0 saturated heterocycles. The molecule has 0 amide bonds. The van der Waals surface area contributed by atoms with Crippen LogP contribution in [0.15, 0.2) is 47.5 Å². The first-order chi connectivity index (χ1) is 11.3. The van der Waals surface area contributed by atoms with Crippen LogP contribution in [0.3, 0.4) is 0 Å². The molecule has 1 N–H and O–H groups in total. The first-order valence-electron chi connectivity index (χ1n) is 7.50. The van der Waals surface area contributed by atoms with E-state index >= 15 is 0 Å². The van der Waals surface area contributed by atoms with Crippen LogP contribution in [0.1, 0.15) is 24.1 Å². The Morgan fingerprint density at radius 1 is 1.29 bits per heavy atom. The summed E-state index contributed by atoms with van der Waals surface area (Å²) in [5.41, 5.74) is 0.496. The SMILES string of the molecule is Cc1ccc([N+](=O)[O-])cc1S(=O)(=O)NC1(Cc2ccccn2)CC1. The minimum absolute atomic E-state index is 0.0519. The van der Waals surface area contributed by atoms with Gasteiger partial charge in [0.15, 0.2) is 0 Å². The van der Waals surface area contributed by atoms with Crippen molar-refractivity contribution in [2.75, 3.05) is 0 Å². The molecule has 1 heterocycles. The van der Waals surface area contributed by atoms with Gasteiger partial charge in [-0.2, -0.15) is 0 Å². The lowest BCUT2D eigenvalue weighted by atomic mass is 10.1. The lowest BCUT2D eigenvalue weighted by Gasteiger charge is -2.18. The van der Waals surface area contributed by atoms with Crippen molar-refractivity contribution in [1.82, 2.24) is 9.71 Å². The van der Waals surface area contributed by atoms with E-state index < -0.39 is 20.5 Å². The van der Waals surface area contributed by atoms with Crippen LogP contribution in [0.25, 0.3) is 0 Å². The summed E-state index contributed by atoms with van der Waals surface area (Å²) in [6, 6.07) is 9.37. The van der Waals surface area contributed by atoms with Gasteiger partial charge in [-0.05, 0) is 37.5 Å². The topological polar surface area (TPSA) is 102 Å². The largest absolute Gasteiger partial charge is 0.270 e. The van der Waals surface area contributed by atoms with Gasteiger partial charge in [-0.15, -0.1) is 0 Å². The van der Waals surface area contributed by atoms with E-state index in [1.54, 1.807) is 19.2 Å². The van der Waals surface area contributed by atoms with Gasteiger partial charge in [-0.25, -0.2) is 13.1 Å². The highest BCUT2D eigenvalue weighted by molar-refractivity contribution is 7.89. The van der Waals surface area contributed by atoms with Crippen LogP contribution in [0, 0.1) is 17.0 Å². The number of benzene rings is 1. The fourth-order valence-corrected chi connectivity index (χ4v) is 4.37. The number of aromatic nitrogens is 1. The molecule has 1 aliphatic rings. The van der Waals surface area contributed by atoms with Gasteiger partial charge in [0, 0.05) is 36.0 Å². The number of pyridine rings is 1. The summed E-state index contributed by atoms with van der Waals surface area (Å²) in [4.78, 5) is 14.5. The molecule has 1 aromatic carbocycles. The van der Waals surface area contributed by atoms with Crippen molar-refractivity contribution in [3.05, 3.63) is 64.0 Å². The van der Waals surface area contributed by atoms with E-state index in [0.717, 1.165) is 24.6 Å². The molecular formula is C16H17N3O4S. The third-order valence-corrected chi connectivity index (χ3v) is 5.84. The molecule has 8 heteroatoms. The predicted octanol–water partition coefficient (Wildman–Crippen LogP) is 2.35. The van der Waals surface area contributed by atoms with E-state index in [1.165, 1.54) is 12.1 Å². The van der Waals surface area contributed by atoms with Gasteiger partial charge in [-0.1, -0.05) is 12.1 Å². The van der Waals surface area contributed by atoms with Crippen molar-refractivity contribution in [1.29, 1.82) is 0 Å². The molecule has 24 heavy (non-hydrogen) atoms. The molecule has 2 aromatic rings. The highest BCUT2D eigenvalue weighted by Gasteiger charge is 2.46. The fourth-order valence-electron chi connectivity index (χ4n) is 2.65. The second-order valence-corrected chi connectivity index (χ2v) is 7.74. The van der Waals surface area contributed by atoms with Crippen molar-refractivity contribution >= 4 is 15.7 Å². The van der Waals surface area contributed by atoms with Crippen molar-refractivity contribution in [2.45, 2.75) is 36.6 Å². The maximum Gasteiger partial charge on any atom is 0.270 e. The summed E-state index contributed by atoms with van der Waals surface area (Å²) in [7, 11) is -3.84. The molecule has 0 bridgehead atoms. The Morgan fingerprint density at radius 2 is 2.04 bits per heavy atom. The molecule has 0 aliphatic heterocycles. The summed E-state index contributed by atoms with van der Waals surface area (Å²) >= 11 is 0. The predicted molar refractivity (Wildman–Crippen MR) is 88.1 cm³/mol. The quantitative estimate of drug-likeness (QED) is 0.638. The third-order valence-electron chi connectivity index (χ3n) is 4.12. The molecule has 126 valence electrons. The first-order valence-corrected chi connectivity index (χ1v) is 8.99. The molecular weight excluding hydrogens is 330 g/mol. The summed E-state index contributed by atoms with van der Waals surface area (Å²) in [5, 5.41) is 10.9. The second-order valence-electron chi connectivity index (χ2n) is 6.09. The van der Waals surface area contributed by atoms with E-state index in [2.05, 4.69) is 9.71 Å². The number of nitro groups is 1. The second kappa shape index (κ2) is 5.95. The molecule has 1 aliphatic carbocycles. The minimum atomic E-state index is -3.84. The van der Waals surface area contributed by atoms with Crippen LogP contribution in [0.2, 0.25) is 0 Å². The Kier molecular flexibility index (Phi) is 4.10. The molecule has 3 rings (SSSR count). The standard InChI is InChI=1S/C16H17N3O4S/c1-12-5-6-14(19(20)21)10-15(12)24(22,23)18-16(7-8-16)11-13-4-2-3-9-17-13/h2-6,9-10,18H,7-8,11H2,1H3. The first kappa shape index (κ1) is 16.5. The maximum atomic E-state index is 12.7. The average molecular weight is 347 g/mol. The van der Waals surface area contributed by atoms with E-state index in [-0.39, 0.29) is 10.6 Å². The van der Waals surface area contributed by atoms with E-state index in [1.807, 2.05) is 12.1 Å². The van der Waals surface area contributed by atoms with Gasteiger partial charge in [-0.3, -0.25) is 15.1 Å². The number of aryl methyl sites for hydroxylation is 1. The Hall–Kier alpha value is -2.32. The summed E-state index contributed by atoms with van der Waals surface area (Å²) in [6.45, 7) is 1.62. The summed E-state index contributed by atoms with van der Waals surface area (Å²) in [6.07, 6.45) is 3.61. The number of hydrogen-bond donors (Lipinski definition) is 1. The Morgan fingerprint density at radius 3 is 2.62 bits per heavy atom. The molecule has 0 unspecified atom stereocenters. The molecule has 1 saturated carbocycles. The van der Waals surface area contributed by atoms with E-state index in [0.29, 0.717) is 12.0 Å². The smallest absolute Gasteiger partial charge is 0.261 e. The fraction of sp³-hybridized carbons (Fsp3) is 0.312. The van der Waals surface area contributed by atoms with Gasteiger partial charge in [0.1, 0.15) is 0 Å². The van der Waals surface area contributed by atoms with E-state index in [9.17, 15) is 18.5 Å². The van der Waals surface area contributed by atoms with Crippen molar-refractivity contribution < 1.29 is 13.3 Å². The zero-order valence-electron chi connectivity index (χ0n) is 13.1. The highest BCUT2D eigenvalue weighted by atomic mass is 32.2. The van der Waals surface area contributed by atoms with Crippen LogP contribution in [-0.4, -0.2) is 23.9 Å². The average Bonchev–Trinajstić information content (AvgIpc) is 3.26. The molecule has 0 spiro atoms. The van der Waals surface area contributed by atoms with Gasteiger partial charge < -0.3 is 0 Å². The number of nitrogens with zero attached hydrogens (tertiary/aromatic N) is 2. The molecule has 0 radical (unpaired) electrons. The number of hydrogen-bond acceptors (Lipinski definition) is 5. The van der Waals surface area contributed by atoms with Crippen LogP contribution in [-0.2, 0) is 16.4 Å². The van der Waals surface area contributed by atoms with Crippen LogP contribution in [0.5, 0.6) is 0 Å². The zero-order chi connectivity index (χ0) is 17.4. The normalized spacial score (nSPS) is 15.9. The molecule has 1 fully saturated rings. The lowest BCUT2D eigenvalue weighted by molar-refractivity contribution is -0.385. The van der Waals surface area contributed by atoms with Crippen LogP contribution < -0.4 is 4.72 Å². The molecule has 1 aromatic heterocycles. The van der Waals surface area contributed by atoms with Crippen LogP contribution >= 0.6 is 0 Å². The number of nitro benzene ring substituents is 1. The molecule has 0 atom stereocenters. The maximum absolute atomic E-state index is 12.7. The highest BCUT2D eigenvalue weighted by Crippen LogP contribution is 2.40. The van der Waals surface area contributed by atoms with Crippen molar-refractivity contribution in [3.8, 4) is 0 Å². The Bertz CT molecular complexity index is 877. The number of sulfonamides is 1. The zero-order valence-corrected chi connectivity index (χ0v) is 13.9. The monoisotopic (exact) mass is 347 g/mol. The number of nitrogens with one attached hydrogen (secondary N) is 1. The van der Waals surface area contributed by atoms with Crippen LogP contribution in [0.4, 0.5) is 5.69 Å². The Labute approximate surface area is 139 Å². The van der Waals surface area contributed by atoms with Gasteiger partial charge in [0.25, 0.3) is 5.69 Å². The summed E-state index contributed by atoms with van der Waals surface area (Å²) in [5.74, 6) is 0. The summed E-state index contributed by atoms with van der Waals surface area (Å²) < 4.78 is 28.2. The van der Waals surface area contributed by atoms with Gasteiger partial charge >= 0.3 is 0 Å². The lowest BCUT2D eigenvalue weighted by Crippen LogP contribution is -2.39. The molecule has 7 nitrogen and oxygen atoms in total.